The number of ether oxygens (including phenoxy) is 2. The van der Waals surface area contributed by atoms with Crippen molar-refractivity contribution in [3.63, 3.8) is 0 Å². The Bertz CT molecular complexity index is 1920. The van der Waals surface area contributed by atoms with Gasteiger partial charge in [-0.05, 0) is 88.5 Å². The Labute approximate surface area is 292 Å². The number of aliphatic hydroxyl groups is 1. The standard InChI is InChI=1S/C35H38FN7O4S2/c1-22-20-30(41-42-32(22)40-34-38-26-12-5-6-13-28(26)48-34)43(18-8-10-23(2)44)35-39-31(33(45)46-4)29(49-35)14-9-19-47-27-16-15-24(21-25(27)36)11-7-17-37-3/h5-6,12-13,15-16,20-21,23,37,44H,8-10,14,17-19H2,1-4H3,(H,38,40,42). The quantitative estimate of drug-likeness (QED) is 0.0635. The van der Waals surface area contributed by atoms with Gasteiger partial charge in [0.05, 0.1) is 36.6 Å². The number of carbonyl (C=O) groups excluding carboxylic acids is 1. The molecule has 0 aliphatic rings. The summed E-state index contributed by atoms with van der Waals surface area (Å²) in [6.07, 6.45) is 1.70. The zero-order chi connectivity index (χ0) is 34.8. The molecule has 256 valence electrons. The zero-order valence-electron chi connectivity index (χ0n) is 27.7. The first-order chi connectivity index (χ1) is 23.7. The lowest BCUT2D eigenvalue weighted by atomic mass is 10.2. The minimum Gasteiger partial charge on any atom is -0.491 e. The molecule has 2 aromatic carbocycles. The fourth-order valence-corrected chi connectivity index (χ4v) is 6.82. The number of thiazole rings is 2. The van der Waals surface area contributed by atoms with Crippen LogP contribution < -0.4 is 20.3 Å². The van der Waals surface area contributed by atoms with Crippen LogP contribution in [0.15, 0.2) is 48.5 Å². The molecule has 0 spiro atoms. The summed E-state index contributed by atoms with van der Waals surface area (Å²) < 4.78 is 26.5. The number of nitrogens with zero attached hydrogens (tertiary/aromatic N) is 5. The summed E-state index contributed by atoms with van der Waals surface area (Å²) in [5.74, 6) is 6.02. The Hall–Kier alpha value is -4.68. The molecule has 0 saturated carbocycles. The van der Waals surface area contributed by atoms with E-state index in [0.29, 0.717) is 71.1 Å². The Morgan fingerprint density at radius 2 is 1.96 bits per heavy atom. The molecule has 0 saturated heterocycles. The molecule has 11 nitrogen and oxygen atoms in total. The maximum absolute atomic E-state index is 14.6. The highest BCUT2D eigenvalue weighted by Gasteiger charge is 2.24. The van der Waals surface area contributed by atoms with E-state index >= 15 is 0 Å². The molecule has 1 atom stereocenters. The highest BCUT2D eigenvalue weighted by molar-refractivity contribution is 7.22. The average Bonchev–Trinajstić information content (AvgIpc) is 3.70. The Kier molecular flexibility index (Phi) is 12.4. The van der Waals surface area contributed by atoms with Crippen LogP contribution >= 0.6 is 22.7 Å². The Balaban J connectivity index is 1.32. The van der Waals surface area contributed by atoms with Gasteiger partial charge in [-0.2, -0.15) is 0 Å². The van der Waals surface area contributed by atoms with E-state index in [0.717, 1.165) is 15.8 Å². The monoisotopic (exact) mass is 703 g/mol. The van der Waals surface area contributed by atoms with E-state index in [1.54, 1.807) is 26.1 Å². The molecule has 49 heavy (non-hydrogen) atoms. The number of para-hydroxylation sites is 1. The Morgan fingerprint density at radius 1 is 1.12 bits per heavy atom. The Morgan fingerprint density at radius 3 is 2.69 bits per heavy atom. The third kappa shape index (κ3) is 9.48. The van der Waals surface area contributed by atoms with Gasteiger partial charge in [-0.1, -0.05) is 35.3 Å². The van der Waals surface area contributed by atoms with Crippen LogP contribution in [-0.4, -0.2) is 71.2 Å². The second kappa shape index (κ2) is 17.1. The molecule has 0 bridgehead atoms. The van der Waals surface area contributed by atoms with E-state index in [9.17, 15) is 14.3 Å². The molecule has 0 aliphatic carbocycles. The molecule has 3 heterocycles. The van der Waals surface area contributed by atoms with Gasteiger partial charge in [0.2, 0.25) is 0 Å². The van der Waals surface area contributed by atoms with Crippen molar-refractivity contribution in [3.8, 4) is 17.6 Å². The van der Waals surface area contributed by atoms with Gasteiger partial charge in [-0.25, -0.2) is 19.2 Å². The molecule has 5 aromatic rings. The van der Waals surface area contributed by atoms with Crippen LogP contribution in [0.3, 0.4) is 0 Å². The summed E-state index contributed by atoms with van der Waals surface area (Å²) in [5, 5.41) is 26.4. The molecule has 5 rings (SSSR count). The first-order valence-corrected chi connectivity index (χ1v) is 17.5. The zero-order valence-corrected chi connectivity index (χ0v) is 29.4. The first-order valence-electron chi connectivity index (χ1n) is 15.8. The van der Waals surface area contributed by atoms with E-state index in [4.69, 9.17) is 9.47 Å². The third-order valence-corrected chi connectivity index (χ3v) is 9.39. The number of hydrogen-bond donors (Lipinski definition) is 3. The normalized spacial score (nSPS) is 11.6. The number of methoxy groups -OCH3 is 1. The number of hydrogen-bond acceptors (Lipinski definition) is 13. The summed E-state index contributed by atoms with van der Waals surface area (Å²) >= 11 is 2.88. The molecule has 3 N–H and O–H groups in total. The summed E-state index contributed by atoms with van der Waals surface area (Å²) in [7, 11) is 3.11. The number of anilines is 4. The predicted molar refractivity (Wildman–Crippen MR) is 192 cm³/mol. The molecule has 0 fully saturated rings. The SMILES string of the molecule is CNCC#Cc1ccc(OCCCc2sc(N(CCCC(C)O)c3cc(C)c(Nc4nc5ccccc5s4)nn3)nc2C(=O)OC)c(F)c1. The van der Waals surface area contributed by atoms with Crippen molar-refractivity contribution in [1.82, 2.24) is 25.5 Å². The molecule has 0 radical (unpaired) electrons. The number of halogens is 1. The van der Waals surface area contributed by atoms with Crippen molar-refractivity contribution in [2.45, 2.75) is 45.6 Å². The van der Waals surface area contributed by atoms with Crippen molar-refractivity contribution < 1.29 is 23.8 Å². The summed E-state index contributed by atoms with van der Waals surface area (Å²) in [6.45, 7) is 4.89. The van der Waals surface area contributed by atoms with Gasteiger partial charge in [-0.3, -0.25) is 0 Å². The summed E-state index contributed by atoms with van der Waals surface area (Å²) in [5.41, 5.74) is 2.52. The van der Waals surface area contributed by atoms with Gasteiger partial charge >= 0.3 is 5.97 Å². The number of esters is 1. The number of fused-ring (bicyclic) bond motifs is 1. The van der Waals surface area contributed by atoms with Crippen LogP contribution in [0.1, 0.15) is 52.7 Å². The number of aromatic nitrogens is 4. The molecular formula is C35H38FN7O4S2. The smallest absolute Gasteiger partial charge is 0.357 e. The van der Waals surface area contributed by atoms with Crippen molar-refractivity contribution in [2.24, 2.45) is 0 Å². The lowest BCUT2D eigenvalue weighted by molar-refractivity contribution is 0.0593. The van der Waals surface area contributed by atoms with Crippen LogP contribution in [0.4, 0.5) is 26.3 Å². The largest absolute Gasteiger partial charge is 0.491 e. The fourth-order valence-electron chi connectivity index (χ4n) is 4.83. The second-order valence-corrected chi connectivity index (χ2v) is 13.3. The number of benzene rings is 2. The summed E-state index contributed by atoms with van der Waals surface area (Å²) in [4.78, 5) is 24.7. The molecule has 3 aromatic heterocycles. The second-order valence-electron chi connectivity index (χ2n) is 11.2. The number of aryl methyl sites for hydroxylation is 2. The number of aliphatic hydroxyl groups excluding tert-OH is 1. The van der Waals surface area contributed by atoms with Crippen LogP contribution in [0, 0.1) is 24.6 Å². The molecule has 14 heteroatoms. The lowest BCUT2D eigenvalue weighted by Gasteiger charge is -2.21. The fraction of sp³-hybridized carbons (Fsp3) is 0.343. The van der Waals surface area contributed by atoms with Crippen molar-refractivity contribution in [2.75, 3.05) is 44.1 Å². The van der Waals surface area contributed by atoms with Crippen LogP contribution in [0.25, 0.3) is 10.2 Å². The van der Waals surface area contributed by atoms with Gasteiger partial charge < -0.3 is 30.1 Å². The van der Waals surface area contributed by atoms with E-state index in [-0.39, 0.29) is 18.1 Å². The van der Waals surface area contributed by atoms with Gasteiger partial charge in [0.15, 0.2) is 39.2 Å². The van der Waals surface area contributed by atoms with E-state index in [1.165, 1.54) is 35.8 Å². The first kappa shape index (κ1) is 35.6. The number of rotatable bonds is 15. The van der Waals surface area contributed by atoms with Gasteiger partial charge in [0, 0.05) is 17.0 Å². The molecule has 1 unspecified atom stereocenters. The van der Waals surface area contributed by atoms with Crippen molar-refractivity contribution in [1.29, 1.82) is 0 Å². The predicted octanol–water partition coefficient (Wildman–Crippen LogP) is 6.40. The van der Waals surface area contributed by atoms with Crippen LogP contribution in [0.2, 0.25) is 0 Å². The molecule has 0 amide bonds. The van der Waals surface area contributed by atoms with E-state index in [1.807, 2.05) is 42.2 Å². The average molecular weight is 704 g/mol. The topological polar surface area (TPSA) is 135 Å². The molecular weight excluding hydrogens is 666 g/mol. The summed E-state index contributed by atoms with van der Waals surface area (Å²) in [6, 6.07) is 14.4. The van der Waals surface area contributed by atoms with Crippen molar-refractivity contribution >= 4 is 60.8 Å². The van der Waals surface area contributed by atoms with Gasteiger partial charge in [0.1, 0.15) is 0 Å². The maximum Gasteiger partial charge on any atom is 0.357 e. The van der Waals surface area contributed by atoms with Crippen molar-refractivity contribution in [3.05, 3.63) is 76.0 Å². The van der Waals surface area contributed by atoms with E-state index < -0.39 is 17.9 Å². The number of carbonyl (C=O) groups is 1. The minimum atomic E-state index is -0.555. The maximum atomic E-state index is 14.6. The van der Waals surface area contributed by atoms with Crippen LogP contribution in [-0.2, 0) is 11.2 Å². The molecule has 0 aliphatic heterocycles. The van der Waals surface area contributed by atoms with Gasteiger partial charge in [-0.15, -0.1) is 21.5 Å². The highest BCUT2D eigenvalue weighted by atomic mass is 32.1. The minimum absolute atomic E-state index is 0.136. The van der Waals surface area contributed by atoms with Gasteiger partial charge in [0.25, 0.3) is 0 Å². The number of nitrogens with one attached hydrogen (secondary N) is 2. The van der Waals surface area contributed by atoms with E-state index in [2.05, 4.69) is 42.6 Å². The third-order valence-electron chi connectivity index (χ3n) is 7.30. The highest BCUT2D eigenvalue weighted by Crippen LogP contribution is 2.34. The van der Waals surface area contributed by atoms with Crippen LogP contribution in [0.5, 0.6) is 5.75 Å². The lowest BCUT2D eigenvalue weighted by Crippen LogP contribution is -2.21.